The first-order chi connectivity index (χ1) is 14.5. The number of nitrogens with zero attached hydrogens (tertiary/aromatic N) is 1. The first kappa shape index (κ1) is 20.1. The average molecular weight is 417 g/mol. The number of thiazole rings is 1. The van der Waals surface area contributed by atoms with E-state index < -0.39 is 0 Å². The van der Waals surface area contributed by atoms with Crippen molar-refractivity contribution in [3.63, 3.8) is 0 Å². The van der Waals surface area contributed by atoms with Gasteiger partial charge in [0.15, 0.2) is 0 Å². The smallest absolute Gasteiger partial charge is 0.308 e. The van der Waals surface area contributed by atoms with Crippen LogP contribution in [0.1, 0.15) is 37.6 Å². The maximum Gasteiger partial charge on any atom is 0.308 e. The van der Waals surface area contributed by atoms with E-state index in [2.05, 4.69) is 23.5 Å². The van der Waals surface area contributed by atoms with Gasteiger partial charge in [-0.25, -0.2) is 0 Å². The van der Waals surface area contributed by atoms with Crippen LogP contribution in [0.25, 0.3) is 10.8 Å². The number of nitrogens with one attached hydrogen (secondary N) is 1. The molecule has 0 spiro atoms. The Labute approximate surface area is 179 Å². The van der Waals surface area contributed by atoms with Gasteiger partial charge < -0.3 is 5.32 Å². The molecule has 1 N–H and O–H groups in total. The van der Waals surface area contributed by atoms with Gasteiger partial charge in [-0.2, -0.15) is 0 Å². The summed E-state index contributed by atoms with van der Waals surface area (Å²) in [5, 5.41) is 5.26. The highest BCUT2D eigenvalue weighted by molar-refractivity contribution is 7.11. The predicted octanol–water partition coefficient (Wildman–Crippen LogP) is 4.97. The van der Waals surface area contributed by atoms with Gasteiger partial charge in [-0.3, -0.25) is 14.2 Å². The first-order valence-corrected chi connectivity index (χ1v) is 10.8. The highest BCUT2D eigenvalue weighted by Gasteiger charge is 2.18. The summed E-state index contributed by atoms with van der Waals surface area (Å²) in [5.41, 5.74) is 5.19. The molecule has 152 valence electrons. The summed E-state index contributed by atoms with van der Waals surface area (Å²) in [5.74, 6) is -0.206. The molecule has 0 fully saturated rings. The number of aryl methyl sites for hydroxylation is 2. The SMILES string of the molecule is Cc1cccc(C)c1Cn1c(C)c(C(=O)NCc2cccc3ccccc23)sc1=O. The van der Waals surface area contributed by atoms with Crippen LogP contribution in [0, 0.1) is 20.8 Å². The number of carbonyl (C=O) groups excluding carboxylic acids is 1. The molecule has 1 amide bonds. The van der Waals surface area contributed by atoms with Gasteiger partial charge in [0.2, 0.25) is 0 Å². The Hall–Kier alpha value is -3.18. The molecular weight excluding hydrogens is 392 g/mol. The molecule has 4 rings (SSSR count). The van der Waals surface area contributed by atoms with Crippen molar-refractivity contribution in [2.75, 3.05) is 0 Å². The number of benzene rings is 3. The van der Waals surface area contributed by atoms with Crippen LogP contribution in [0.2, 0.25) is 0 Å². The molecule has 4 nitrogen and oxygen atoms in total. The van der Waals surface area contributed by atoms with Crippen LogP contribution in [-0.2, 0) is 13.1 Å². The number of aromatic nitrogens is 1. The average Bonchev–Trinajstić information content (AvgIpc) is 3.02. The summed E-state index contributed by atoms with van der Waals surface area (Å²) in [7, 11) is 0. The molecule has 30 heavy (non-hydrogen) atoms. The highest BCUT2D eigenvalue weighted by Crippen LogP contribution is 2.20. The fourth-order valence-electron chi connectivity index (χ4n) is 3.83. The van der Waals surface area contributed by atoms with E-state index in [0.29, 0.717) is 23.7 Å². The van der Waals surface area contributed by atoms with Gasteiger partial charge in [0, 0.05) is 12.2 Å². The number of fused-ring (bicyclic) bond motifs is 1. The lowest BCUT2D eigenvalue weighted by Crippen LogP contribution is -2.23. The van der Waals surface area contributed by atoms with E-state index >= 15 is 0 Å². The maximum absolute atomic E-state index is 12.9. The topological polar surface area (TPSA) is 51.1 Å². The van der Waals surface area contributed by atoms with Crippen LogP contribution in [0.15, 0.2) is 65.5 Å². The summed E-state index contributed by atoms with van der Waals surface area (Å²) < 4.78 is 1.70. The number of rotatable bonds is 5. The van der Waals surface area contributed by atoms with Crippen LogP contribution in [-0.4, -0.2) is 10.5 Å². The number of carbonyl (C=O) groups is 1. The minimum absolute atomic E-state index is 0.106. The molecule has 1 heterocycles. The molecule has 0 saturated heterocycles. The highest BCUT2D eigenvalue weighted by atomic mass is 32.1. The first-order valence-electron chi connectivity index (χ1n) is 9.96. The van der Waals surface area contributed by atoms with Crippen molar-refractivity contribution in [1.82, 2.24) is 9.88 Å². The summed E-state index contributed by atoms with van der Waals surface area (Å²) >= 11 is 1.01. The molecule has 0 unspecified atom stereocenters. The molecule has 0 saturated carbocycles. The fourth-order valence-corrected chi connectivity index (χ4v) is 4.74. The van der Waals surface area contributed by atoms with E-state index in [4.69, 9.17) is 0 Å². The minimum Gasteiger partial charge on any atom is -0.347 e. The van der Waals surface area contributed by atoms with Crippen molar-refractivity contribution < 1.29 is 4.79 Å². The van der Waals surface area contributed by atoms with Crippen molar-refractivity contribution in [2.24, 2.45) is 0 Å². The van der Waals surface area contributed by atoms with Crippen LogP contribution in [0.5, 0.6) is 0 Å². The van der Waals surface area contributed by atoms with Crippen LogP contribution < -0.4 is 10.2 Å². The molecule has 0 bridgehead atoms. The Kier molecular flexibility index (Phi) is 5.55. The van der Waals surface area contributed by atoms with Gasteiger partial charge in [0.25, 0.3) is 5.91 Å². The Morgan fingerprint density at radius 3 is 2.37 bits per heavy atom. The second-order valence-electron chi connectivity index (χ2n) is 7.56. The van der Waals surface area contributed by atoms with Crippen LogP contribution in [0.3, 0.4) is 0 Å². The van der Waals surface area contributed by atoms with Gasteiger partial charge in [0.05, 0.1) is 6.54 Å². The van der Waals surface area contributed by atoms with E-state index in [1.807, 2.05) is 63.2 Å². The Bertz CT molecular complexity index is 1270. The summed E-state index contributed by atoms with van der Waals surface area (Å²) in [4.78, 5) is 25.9. The molecule has 0 radical (unpaired) electrons. The molecule has 1 aromatic heterocycles. The molecular formula is C25H24N2O2S. The molecule has 0 aliphatic heterocycles. The van der Waals surface area contributed by atoms with Gasteiger partial charge in [-0.1, -0.05) is 72.0 Å². The minimum atomic E-state index is -0.206. The standard InChI is InChI=1S/C25H24N2O2S/c1-16-8-6-9-17(2)22(16)15-27-18(3)23(30-25(27)29)24(28)26-14-20-12-7-11-19-10-4-5-13-21(19)20/h4-13H,14-15H2,1-3H3,(H,26,28). The molecule has 0 aliphatic rings. The molecule has 0 aliphatic carbocycles. The number of amides is 1. The van der Waals surface area contributed by atoms with Crippen molar-refractivity contribution >= 4 is 28.0 Å². The zero-order chi connectivity index (χ0) is 21.3. The predicted molar refractivity (Wildman–Crippen MR) is 123 cm³/mol. The fraction of sp³-hybridized carbons (Fsp3) is 0.200. The van der Waals surface area contributed by atoms with Gasteiger partial charge in [-0.15, -0.1) is 0 Å². The second kappa shape index (κ2) is 8.28. The van der Waals surface area contributed by atoms with Crippen molar-refractivity contribution in [3.05, 3.63) is 103 Å². The summed E-state index contributed by atoms with van der Waals surface area (Å²) in [6.07, 6.45) is 0. The maximum atomic E-state index is 12.9. The van der Waals surface area contributed by atoms with E-state index in [1.165, 1.54) is 0 Å². The molecule has 4 aromatic rings. The quantitative estimate of drug-likeness (QED) is 0.500. The Morgan fingerprint density at radius 2 is 1.60 bits per heavy atom. The zero-order valence-corrected chi connectivity index (χ0v) is 18.2. The summed E-state index contributed by atoms with van der Waals surface area (Å²) in [6, 6.07) is 20.3. The third-order valence-electron chi connectivity index (χ3n) is 5.63. The van der Waals surface area contributed by atoms with Crippen molar-refractivity contribution in [1.29, 1.82) is 0 Å². The second-order valence-corrected chi connectivity index (χ2v) is 8.52. The van der Waals surface area contributed by atoms with Crippen LogP contribution >= 0.6 is 11.3 Å². The lowest BCUT2D eigenvalue weighted by Gasteiger charge is -2.12. The van der Waals surface area contributed by atoms with E-state index in [9.17, 15) is 9.59 Å². The number of hydrogen-bond acceptors (Lipinski definition) is 3. The Balaban J connectivity index is 1.57. The van der Waals surface area contributed by atoms with Gasteiger partial charge in [0.1, 0.15) is 4.88 Å². The van der Waals surface area contributed by atoms with Crippen molar-refractivity contribution in [2.45, 2.75) is 33.9 Å². The monoisotopic (exact) mass is 416 g/mol. The molecule has 3 aromatic carbocycles. The van der Waals surface area contributed by atoms with Crippen LogP contribution in [0.4, 0.5) is 0 Å². The van der Waals surface area contributed by atoms with Gasteiger partial charge >= 0.3 is 4.87 Å². The van der Waals surface area contributed by atoms with E-state index in [1.54, 1.807) is 4.57 Å². The zero-order valence-electron chi connectivity index (χ0n) is 17.4. The third-order valence-corrected chi connectivity index (χ3v) is 6.71. The Morgan fingerprint density at radius 1 is 0.933 bits per heavy atom. The third kappa shape index (κ3) is 3.81. The lowest BCUT2D eigenvalue weighted by molar-refractivity contribution is 0.0954. The number of hydrogen-bond donors (Lipinski definition) is 1. The van der Waals surface area contributed by atoms with Crippen molar-refractivity contribution in [3.8, 4) is 0 Å². The molecule has 5 heteroatoms. The normalized spacial score (nSPS) is 11.0. The largest absolute Gasteiger partial charge is 0.347 e. The van der Waals surface area contributed by atoms with E-state index in [-0.39, 0.29) is 10.8 Å². The lowest BCUT2D eigenvalue weighted by atomic mass is 10.0. The molecule has 0 atom stereocenters. The van der Waals surface area contributed by atoms with E-state index in [0.717, 1.165) is 44.4 Å². The summed E-state index contributed by atoms with van der Waals surface area (Å²) in [6.45, 7) is 6.84. The van der Waals surface area contributed by atoms with Gasteiger partial charge in [-0.05, 0) is 53.8 Å².